The fourth-order valence-corrected chi connectivity index (χ4v) is 2.18. The summed E-state index contributed by atoms with van der Waals surface area (Å²) in [5, 5.41) is 11.6. The molecule has 1 aliphatic rings. The van der Waals surface area contributed by atoms with Crippen LogP contribution in [0.3, 0.4) is 0 Å². The lowest BCUT2D eigenvalue weighted by Crippen LogP contribution is -2.42. The Bertz CT molecular complexity index is 290. The third-order valence-electron chi connectivity index (χ3n) is 3.61. The van der Waals surface area contributed by atoms with Crippen molar-refractivity contribution in [3.8, 4) is 0 Å². The summed E-state index contributed by atoms with van der Waals surface area (Å²) in [6.07, 6.45) is 4.93. The van der Waals surface area contributed by atoms with Crippen LogP contribution in [0.1, 0.15) is 45.4 Å². The van der Waals surface area contributed by atoms with Gasteiger partial charge in [0, 0.05) is 6.42 Å². The molecule has 0 aliphatic heterocycles. The Kier molecular flexibility index (Phi) is 6.12. The molecule has 1 aliphatic carbocycles. The maximum absolute atomic E-state index is 11.7. The highest BCUT2D eigenvalue weighted by atomic mass is 16.4. The van der Waals surface area contributed by atoms with E-state index in [0.717, 1.165) is 32.1 Å². The number of amides is 1. The SMILES string of the molecule is CCC(CCN)CCC(=O)NC(C(=O)O)C1CC1. The minimum Gasteiger partial charge on any atom is -0.480 e. The molecule has 104 valence electrons. The van der Waals surface area contributed by atoms with Crippen molar-refractivity contribution in [2.75, 3.05) is 6.54 Å². The van der Waals surface area contributed by atoms with Crippen LogP contribution >= 0.6 is 0 Å². The first-order chi connectivity index (χ1) is 8.58. The van der Waals surface area contributed by atoms with Crippen molar-refractivity contribution >= 4 is 11.9 Å². The molecule has 0 bridgehead atoms. The van der Waals surface area contributed by atoms with Crippen molar-refractivity contribution in [1.82, 2.24) is 5.32 Å². The molecular formula is C13H24N2O3. The van der Waals surface area contributed by atoms with Gasteiger partial charge in [0.1, 0.15) is 6.04 Å². The summed E-state index contributed by atoms with van der Waals surface area (Å²) >= 11 is 0. The van der Waals surface area contributed by atoms with Crippen molar-refractivity contribution in [3.63, 3.8) is 0 Å². The number of carboxylic acids is 1. The van der Waals surface area contributed by atoms with E-state index in [1.807, 2.05) is 0 Å². The molecule has 0 spiro atoms. The molecule has 2 unspecified atom stereocenters. The first-order valence-corrected chi connectivity index (χ1v) is 6.80. The van der Waals surface area contributed by atoms with Crippen molar-refractivity contribution in [1.29, 1.82) is 0 Å². The van der Waals surface area contributed by atoms with Gasteiger partial charge >= 0.3 is 5.97 Å². The van der Waals surface area contributed by atoms with Gasteiger partial charge in [-0.05, 0) is 44.1 Å². The Morgan fingerprint density at radius 3 is 2.50 bits per heavy atom. The van der Waals surface area contributed by atoms with Gasteiger partial charge in [-0.2, -0.15) is 0 Å². The van der Waals surface area contributed by atoms with Crippen LogP contribution in [-0.4, -0.2) is 29.6 Å². The molecule has 0 aromatic heterocycles. The quantitative estimate of drug-likeness (QED) is 0.576. The third-order valence-corrected chi connectivity index (χ3v) is 3.61. The van der Waals surface area contributed by atoms with E-state index in [1.54, 1.807) is 0 Å². The second-order valence-electron chi connectivity index (χ2n) is 5.11. The number of carboxylic acid groups (broad SMARTS) is 1. The second kappa shape index (κ2) is 7.36. The van der Waals surface area contributed by atoms with Crippen LogP contribution in [0.25, 0.3) is 0 Å². The topological polar surface area (TPSA) is 92.4 Å². The van der Waals surface area contributed by atoms with Gasteiger partial charge in [0.25, 0.3) is 0 Å². The number of hydrogen-bond acceptors (Lipinski definition) is 3. The van der Waals surface area contributed by atoms with Crippen molar-refractivity contribution < 1.29 is 14.7 Å². The lowest BCUT2D eigenvalue weighted by molar-refractivity contribution is -0.142. The van der Waals surface area contributed by atoms with Gasteiger partial charge in [0.15, 0.2) is 0 Å². The van der Waals surface area contributed by atoms with E-state index in [2.05, 4.69) is 12.2 Å². The van der Waals surface area contributed by atoms with Crippen molar-refractivity contribution in [3.05, 3.63) is 0 Å². The van der Waals surface area contributed by atoms with Crippen LogP contribution in [0.4, 0.5) is 0 Å². The minimum atomic E-state index is -0.917. The molecule has 1 saturated carbocycles. The van der Waals surface area contributed by atoms with Crippen LogP contribution in [-0.2, 0) is 9.59 Å². The van der Waals surface area contributed by atoms with Crippen LogP contribution in [0.15, 0.2) is 0 Å². The molecule has 0 heterocycles. The van der Waals surface area contributed by atoms with E-state index in [9.17, 15) is 9.59 Å². The van der Waals surface area contributed by atoms with E-state index in [0.29, 0.717) is 18.9 Å². The smallest absolute Gasteiger partial charge is 0.326 e. The van der Waals surface area contributed by atoms with Crippen molar-refractivity contribution in [2.45, 2.75) is 51.5 Å². The van der Waals surface area contributed by atoms with Crippen LogP contribution in [0.2, 0.25) is 0 Å². The van der Waals surface area contributed by atoms with Crippen LogP contribution in [0.5, 0.6) is 0 Å². The summed E-state index contributed by atoms with van der Waals surface area (Å²) in [7, 11) is 0. The van der Waals surface area contributed by atoms with Gasteiger partial charge in [-0.25, -0.2) is 4.79 Å². The second-order valence-corrected chi connectivity index (χ2v) is 5.11. The highest BCUT2D eigenvalue weighted by Crippen LogP contribution is 2.32. The Labute approximate surface area is 108 Å². The number of rotatable bonds is 9. The number of aliphatic carboxylic acids is 1. The fraction of sp³-hybridized carbons (Fsp3) is 0.846. The average Bonchev–Trinajstić information content (AvgIpc) is 3.15. The molecule has 0 radical (unpaired) electrons. The maximum atomic E-state index is 11.7. The Hall–Kier alpha value is -1.10. The summed E-state index contributed by atoms with van der Waals surface area (Å²) in [5.41, 5.74) is 5.50. The number of nitrogens with two attached hydrogens (primary N) is 1. The summed E-state index contributed by atoms with van der Waals surface area (Å²) in [6.45, 7) is 2.72. The van der Waals surface area contributed by atoms with E-state index >= 15 is 0 Å². The Morgan fingerprint density at radius 1 is 1.39 bits per heavy atom. The molecule has 1 rings (SSSR count). The number of carbonyl (C=O) groups excluding carboxylic acids is 1. The molecule has 0 saturated heterocycles. The van der Waals surface area contributed by atoms with Gasteiger partial charge in [-0.1, -0.05) is 13.3 Å². The minimum absolute atomic E-state index is 0.137. The first-order valence-electron chi connectivity index (χ1n) is 6.80. The Morgan fingerprint density at radius 2 is 2.06 bits per heavy atom. The van der Waals surface area contributed by atoms with Gasteiger partial charge in [0.2, 0.25) is 5.91 Å². The molecule has 2 atom stereocenters. The molecule has 1 fully saturated rings. The highest BCUT2D eigenvalue weighted by Gasteiger charge is 2.37. The third kappa shape index (κ3) is 5.04. The molecule has 1 amide bonds. The predicted molar refractivity (Wildman–Crippen MR) is 69.0 cm³/mol. The average molecular weight is 256 g/mol. The molecule has 18 heavy (non-hydrogen) atoms. The normalized spacial score (nSPS) is 18.1. The van der Waals surface area contributed by atoms with Gasteiger partial charge < -0.3 is 16.2 Å². The summed E-state index contributed by atoms with van der Waals surface area (Å²) in [6, 6.07) is -0.688. The Balaban J connectivity index is 2.29. The van der Waals surface area contributed by atoms with E-state index in [1.165, 1.54) is 0 Å². The molecule has 5 nitrogen and oxygen atoms in total. The lowest BCUT2D eigenvalue weighted by Gasteiger charge is -2.16. The zero-order valence-corrected chi connectivity index (χ0v) is 11.0. The van der Waals surface area contributed by atoms with Crippen LogP contribution < -0.4 is 11.1 Å². The number of carbonyl (C=O) groups is 2. The monoisotopic (exact) mass is 256 g/mol. The molecule has 0 aromatic rings. The summed E-state index contributed by atoms with van der Waals surface area (Å²) in [4.78, 5) is 22.7. The van der Waals surface area contributed by atoms with Gasteiger partial charge in [-0.15, -0.1) is 0 Å². The number of hydrogen-bond donors (Lipinski definition) is 3. The zero-order chi connectivity index (χ0) is 13.5. The largest absolute Gasteiger partial charge is 0.480 e. The molecule has 4 N–H and O–H groups in total. The van der Waals surface area contributed by atoms with E-state index in [4.69, 9.17) is 10.8 Å². The lowest BCUT2D eigenvalue weighted by atomic mass is 9.96. The maximum Gasteiger partial charge on any atom is 0.326 e. The highest BCUT2D eigenvalue weighted by molar-refractivity contribution is 5.83. The van der Waals surface area contributed by atoms with Gasteiger partial charge in [0.05, 0.1) is 0 Å². The number of nitrogens with one attached hydrogen (secondary N) is 1. The van der Waals surface area contributed by atoms with E-state index < -0.39 is 12.0 Å². The summed E-state index contributed by atoms with van der Waals surface area (Å²) in [5.74, 6) is -0.466. The molecular weight excluding hydrogens is 232 g/mol. The molecule has 5 heteroatoms. The van der Waals surface area contributed by atoms with E-state index in [-0.39, 0.29) is 11.8 Å². The molecule has 0 aromatic carbocycles. The summed E-state index contributed by atoms with van der Waals surface area (Å²) < 4.78 is 0. The zero-order valence-electron chi connectivity index (χ0n) is 11.0. The predicted octanol–water partition coefficient (Wildman–Crippen LogP) is 1.12. The van der Waals surface area contributed by atoms with Crippen LogP contribution in [0, 0.1) is 11.8 Å². The van der Waals surface area contributed by atoms with Gasteiger partial charge in [-0.3, -0.25) is 4.79 Å². The standard InChI is InChI=1S/C13H24N2O3/c1-2-9(7-8-14)3-6-11(16)15-12(13(17)18)10-4-5-10/h9-10,12H,2-8,14H2,1H3,(H,15,16)(H,17,18). The fourth-order valence-electron chi connectivity index (χ4n) is 2.18. The van der Waals surface area contributed by atoms with Crippen molar-refractivity contribution in [2.24, 2.45) is 17.6 Å². The first kappa shape index (κ1) is 15.0.